The summed E-state index contributed by atoms with van der Waals surface area (Å²) in [6, 6.07) is -2.13. The van der Waals surface area contributed by atoms with Crippen molar-refractivity contribution in [2.24, 2.45) is 0 Å². The molecule has 2 rings (SSSR count). The quantitative estimate of drug-likeness (QED) is 0.296. The van der Waals surface area contributed by atoms with Crippen LogP contribution in [-0.2, 0) is 25.6 Å². The van der Waals surface area contributed by atoms with Gasteiger partial charge in [-0.25, -0.2) is 15.4 Å². The molecule has 0 saturated carbocycles. The number of H-pyrrole nitrogens is 1. The van der Waals surface area contributed by atoms with Crippen molar-refractivity contribution >= 4 is 35.4 Å². The summed E-state index contributed by atoms with van der Waals surface area (Å²) < 4.78 is 0. The van der Waals surface area contributed by atoms with Crippen LogP contribution in [0.3, 0.4) is 0 Å². The molecule has 29 heavy (non-hydrogen) atoms. The van der Waals surface area contributed by atoms with Crippen LogP contribution in [0.1, 0.15) is 44.7 Å². The molecule has 0 unspecified atom stereocenters. The first kappa shape index (κ1) is 23.0. The van der Waals surface area contributed by atoms with Gasteiger partial charge in [0.05, 0.1) is 18.4 Å². The van der Waals surface area contributed by atoms with Crippen LogP contribution in [0.15, 0.2) is 12.5 Å². The van der Waals surface area contributed by atoms with Crippen molar-refractivity contribution in [1.29, 1.82) is 0 Å². The molecule has 0 radical (unpaired) electrons. The van der Waals surface area contributed by atoms with E-state index < -0.39 is 30.0 Å². The number of carbonyl (C=O) groups is 4. The molecule has 2 heterocycles. The third kappa shape index (κ3) is 6.94. The zero-order valence-corrected chi connectivity index (χ0v) is 17.2. The number of carboxylic acids is 1. The van der Waals surface area contributed by atoms with Crippen LogP contribution in [0, 0.1) is 0 Å². The molecular formula is C18H27N5O5S. The molecule has 1 amide bonds. The minimum absolute atomic E-state index is 0.0161. The second-order valence-electron chi connectivity index (χ2n) is 6.97. The van der Waals surface area contributed by atoms with E-state index >= 15 is 0 Å². The zero-order chi connectivity index (χ0) is 21.4. The van der Waals surface area contributed by atoms with Gasteiger partial charge in [-0.1, -0.05) is 6.92 Å². The summed E-state index contributed by atoms with van der Waals surface area (Å²) in [5.74, 6) is -1.67. The molecule has 0 bridgehead atoms. The summed E-state index contributed by atoms with van der Waals surface area (Å²) in [7, 11) is 0. The van der Waals surface area contributed by atoms with Crippen molar-refractivity contribution in [2.75, 3.05) is 6.54 Å². The van der Waals surface area contributed by atoms with E-state index in [4.69, 9.17) is 5.11 Å². The number of imidazole rings is 1. The van der Waals surface area contributed by atoms with Gasteiger partial charge < -0.3 is 15.4 Å². The molecule has 0 spiro atoms. The summed E-state index contributed by atoms with van der Waals surface area (Å²) in [4.78, 5) is 54.8. The van der Waals surface area contributed by atoms with E-state index in [-0.39, 0.29) is 36.6 Å². The highest BCUT2D eigenvalue weighted by molar-refractivity contribution is 7.96. The predicted molar refractivity (Wildman–Crippen MR) is 107 cm³/mol. The summed E-state index contributed by atoms with van der Waals surface area (Å²) in [6.45, 7) is 2.25. The van der Waals surface area contributed by atoms with Gasteiger partial charge in [-0.05, 0) is 19.3 Å². The van der Waals surface area contributed by atoms with E-state index in [0.717, 1.165) is 6.42 Å². The van der Waals surface area contributed by atoms with Gasteiger partial charge in [0, 0.05) is 37.7 Å². The number of carboxylic acid groups (broad SMARTS) is 1. The molecule has 1 fully saturated rings. The molecule has 1 aromatic heterocycles. The van der Waals surface area contributed by atoms with Gasteiger partial charge in [-0.2, -0.15) is 0 Å². The Bertz CT molecular complexity index is 726. The van der Waals surface area contributed by atoms with E-state index in [1.165, 1.54) is 6.33 Å². The standard InChI is InChI=1S/C18H27N5O5S/c1-2-15(24)13(8-11-9-19-10-20-11)21-17(27)12(5-6-16(25)26)22-23-7-3-4-14(23)18(28)29/h9-10,12-14,22H,2-8H2,1H3,(H,19,20)(H,21,27)(H,25,26)(H,28,29)/t12-,13-,14-/m0/s1. The normalized spacial score (nSPS) is 18.9. The van der Waals surface area contributed by atoms with Gasteiger partial charge in [-0.15, -0.1) is 12.6 Å². The number of aromatic nitrogens is 2. The zero-order valence-electron chi connectivity index (χ0n) is 16.3. The molecule has 0 aliphatic carbocycles. The molecule has 3 atom stereocenters. The van der Waals surface area contributed by atoms with E-state index in [1.54, 1.807) is 18.1 Å². The highest BCUT2D eigenvalue weighted by Gasteiger charge is 2.33. The Kier molecular flexibility index (Phi) is 8.80. The van der Waals surface area contributed by atoms with Gasteiger partial charge in [-0.3, -0.25) is 19.2 Å². The molecule has 1 aliphatic heterocycles. The monoisotopic (exact) mass is 425 g/mol. The third-order valence-corrected chi connectivity index (χ3v) is 5.15. The van der Waals surface area contributed by atoms with Crippen molar-refractivity contribution in [3.05, 3.63) is 18.2 Å². The number of rotatable bonds is 12. The summed E-state index contributed by atoms with van der Waals surface area (Å²) in [5, 5.41) is 13.1. The topological polar surface area (TPSA) is 144 Å². The molecule has 1 aliphatic rings. The van der Waals surface area contributed by atoms with Crippen molar-refractivity contribution < 1.29 is 24.3 Å². The molecule has 10 nitrogen and oxygen atoms in total. The first-order valence-corrected chi connectivity index (χ1v) is 10.0. The van der Waals surface area contributed by atoms with Crippen LogP contribution >= 0.6 is 12.6 Å². The number of Topliss-reactive ketones (excluding diaryl/α,β-unsaturated/α-hetero) is 1. The summed E-state index contributed by atoms with van der Waals surface area (Å²) in [5.41, 5.74) is 3.68. The van der Waals surface area contributed by atoms with Crippen molar-refractivity contribution in [3.8, 4) is 0 Å². The Morgan fingerprint density at radius 3 is 2.72 bits per heavy atom. The minimum atomic E-state index is -1.04. The number of amides is 1. The van der Waals surface area contributed by atoms with Gasteiger partial charge >= 0.3 is 5.97 Å². The fourth-order valence-corrected chi connectivity index (χ4v) is 3.55. The van der Waals surface area contributed by atoms with Gasteiger partial charge in [0.1, 0.15) is 6.04 Å². The largest absolute Gasteiger partial charge is 0.481 e. The highest BCUT2D eigenvalue weighted by Crippen LogP contribution is 2.18. The highest BCUT2D eigenvalue weighted by atomic mass is 32.1. The smallest absolute Gasteiger partial charge is 0.303 e. The van der Waals surface area contributed by atoms with Crippen molar-refractivity contribution in [1.82, 2.24) is 25.7 Å². The van der Waals surface area contributed by atoms with Gasteiger partial charge in [0.2, 0.25) is 11.0 Å². The number of hydrogen-bond donors (Lipinski definition) is 5. The van der Waals surface area contributed by atoms with E-state index in [0.29, 0.717) is 18.7 Å². The lowest BCUT2D eigenvalue weighted by Gasteiger charge is -2.29. The fraction of sp³-hybridized carbons (Fsp3) is 0.611. The number of hydrazine groups is 1. The second kappa shape index (κ2) is 11.1. The molecule has 1 saturated heterocycles. The Labute approximate surface area is 174 Å². The second-order valence-corrected chi connectivity index (χ2v) is 7.41. The lowest BCUT2D eigenvalue weighted by molar-refractivity contribution is -0.138. The predicted octanol–water partition coefficient (Wildman–Crippen LogP) is 0.0749. The van der Waals surface area contributed by atoms with Crippen molar-refractivity contribution in [3.63, 3.8) is 0 Å². The fourth-order valence-electron chi connectivity index (χ4n) is 3.28. The molecule has 4 N–H and O–H groups in total. The SMILES string of the molecule is CCC(=O)[C@H](Cc1cnc[nH]1)NC(=O)[C@H](CCC(=O)O)NN1CCC[C@H]1C(=O)S. The molecular weight excluding hydrogens is 398 g/mol. The maximum atomic E-state index is 12.9. The molecule has 1 aromatic rings. The van der Waals surface area contributed by atoms with Crippen LogP contribution in [0.2, 0.25) is 0 Å². The van der Waals surface area contributed by atoms with Crippen LogP contribution in [0.5, 0.6) is 0 Å². The lowest BCUT2D eigenvalue weighted by atomic mass is 10.0. The average Bonchev–Trinajstić information content (AvgIpc) is 3.35. The minimum Gasteiger partial charge on any atom is -0.481 e. The van der Waals surface area contributed by atoms with Crippen molar-refractivity contribution in [2.45, 2.75) is 63.6 Å². The van der Waals surface area contributed by atoms with Gasteiger partial charge in [0.25, 0.3) is 0 Å². The summed E-state index contributed by atoms with van der Waals surface area (Å²) in [6.07, 6.45) is 4.72. The summed E-state index contributed by atoms with van der Waals surface area (Å²) >= 11 is 3.89. The maximum Gasteiger partial charge on any atom is 0.303 e. The Balaban J connectivity index is 2.10. The first-order chi connectivity index (χ1) is 13.8. The maximum absolute atomic E-state index is 12.9. The first-order valence-electron chi connectivity index (χ1n) is 9.59. The number of hydrogen-bond acceptors (Lipinski definition) is 7. The average molecular weight is 426 g/mol. The Morgan fingerprint density at radius 2 is 2.14 bits per heavy atom. The van der Waals surface area contributed by atoms with Crippen LogP contribution < -0.4 is 10.7 Å². The van der Waals surface area contributed by atoms with E-state index in [2.05, 4.69) is 33.3 Å². The van der Waals surface area contributed by atoms with E-state index in [9.17, 15) is 19.2 Å². The number of ketones is 1. The van der Waals surface area contributed by atoms with Crippen LogP contribution in [0.4, 0.5) is 0 Å². The number of aromatic amines is 1. The number of nitrogens with zero attached hydrogens (tertiary/aromatic N) is 2. The Hall–Kier alpha value is -2.24. The molecule has 160 valence electrons. The van der Waals surface area contributed by atoms with E-state index in [1.807, 2.05) is 0 Å². The number of nitrogens with one attached hydrogen (secondary N) is 3. The number of thiol groups is 1. The molecule has 0 aromatic carbocycles. The number of aliphatic carboxylic acids is 1. The molecule has 11 heteroatoms. The van der Waals surface area contributed by atoms with Crippen LogP contribution in [0.25, 0.3) is 0 Å². The number of carbonyl (C=O) groups excluding carboxylic acids is 3. The lowest BCUT2D eigenvalue weighted by Crippen LogP contribution is -2.57. The third-order valence-electron chi connectivity index (χ3n) is 4.86. The Morgan fingerprint density at radius 1 is 1.38 bits per heavy atom. The van der Waals surface area contributed by atoms with Crippen LogP contribution in [-0.4, -0.2) is 67.5 Å². The van der Waals surface area contributed by atoms with Gasteiger partial charge in [0.15, 0.2) is 5.78 Å².